The number of unbranched alkanes of at least 4 members (excludes halogenated alkanes) is 26. The Labute approximate surface area is 445 Å². The monoisotopic (exact) mass is 1030 g/mol. The number of hydrogen-bond donors (Lipinski definition) is 6. The Hall–Kier alpha value is -2.90. The van der Waals surface area contributed by atoms with Crippen molar-refractivity contribution in [2.24, 2.45) is 0 Å². The van der Waals surface area contributed by atoms with Gasteiger partial charge in [0, 0.05) is 12.8 Å². The summed E-state index contributed by atoms with van der Waals surface area (Å²) in [5.74, 6) is -0.264. The van der Waals surface area contributed by atoms with Crippen LogP contribution in [0.2, 0.25) is 0 Å². The second-order valence-corrected chi connectivity index (χ2v) is 20.3. The summed E-state index contributed by atoms with van der Waals surface area (Å²) in [4.78, 5) is 25.0. The maximum absolute atomic E-state index is 13.0. The summed E-state index contributed by atoms with van der Waals surface area (Å²) in [5.41, 5.74) is 0. The van der Waals surface area contributed by atoms with Crippen LogP contribution in [0.15, 0.2) is 72.9 Å². The normalized spacial score (nSPS) is 19.5. The Morgan fingerprint density at radius 1 is 0.521 bits per heavy atom. The summed E-state index contributed by atoms with van der Waals surface area (Å²) in [6, 6.07) is -0.839. The molecule has 0 aromatic rings. The Morgan fingerprint density at radius 2 is 0.973 bits per heavy atom. The molecule has 1 saturated heterocycles. The van der Waals surface area contributed by atoms with Gasteiger partial charge in [0.25, 0.3) is 0 Å². The van der Waals surface area contributed by atoms with Crippen LogP contribution in [0.3, 0.4) is 0 Å². The van der Waals surface area contributed by atoms with Gasteiger partial charge in [0.15, 0.2) is 6.29 Å². The van der Waals surface area contributed by atoms with Crippen molar-refractivity contribution in [2.75, 3.05) is 19.8 Å². The molecule has 73 heavy (non-hydrogen) atoms. The van der Waals surface area contributed by atoms with Crippen molar-refractivity contribution < 1.29 is 49.3 Å². The number of rotatable bonds is 50. The van der Waals surface area contributed by atoms with Crippen LogP contribution in [0, 0.1) is 0 Å². The Balaban J connectivity index is 2.06. The molecular weight excluding hydrogens is 919 g/mol. The van der Waals surface area contributed by atoms with Crippen LogP contribution in [0.1, 0.15) is 245 Å². The van der Waals surface area contributed by atoms with Crippen LogP contribution in [0.4, 0.5) is 0 Å². The molecule has 1 aliphatic heterocycles. The van der Waals surface area contributed by atoms with Crippen molar-refractivity contribution in [3.63, 3.8) is 0 Å². The molecule has 0 aliphatic carbocycles. The number of carbonyl (C=O) groups excluding carboxylic acids is 2. The summed E-state index contributed by atoms with van der Waals surface area (Å²) in [7, 11) is 0. The molecule has 0 aromatic heterocycles. The molecular formula is C62H109NO10. The van der Waals surface area contributed by atoms with Gasteiger partial charge in [0.05, 0.1) is 32.0 Å². The quantitative estimate of drug-likeness (QED) is 0.0195. The lowest BCUT2D eigenvalue weighted by Crippen LogP contribution is -2.60. The maximum atomic E-state index is 13.0. The SMILES string of the molecule is CC/C=C/CC/C=C/CC/C=C/C(O)C(COC1OC(CO)C(O)C(O)C1O)NC(=O)CCCCCCCCCCCCCCCC/C=C\C/C=C\CCOC(=O)CCCCCCC/C=C\CCCCCCC. The molecule has 0 aromatic carbocycles. The van der Waals surface area contributed by atoms with E-state index in [1.54, 1.807) is 6.08 Å². The first-order valence-corrected chi connectivity index (χ1v) is 29.7. The fraction of sp³-hybridized carbons (Fsp3) is 0.774. The van der Waals surface area contributed by atoms with Crippen molar-refractivity contribution in [2.45, 2.75) is 288 Å². The fourth-order valence-corrected chi connectivity index (χ4v) is 8.84. The fourth-order valence-electron chi connectivity index (χ4n) is 8.84. The van der Waals surface area contributed by atoms with Gasteiger partial charge in [-0.15, -0.1) is 0 Å². The number of ether oxygens (including phenoxy) is 3. The van der Waals surface area contributed by atoms with Gasteiger partial charge in [0.1, 0.15) is 24.4 Å². The first-order valence-electron chi connectivity index (χ1n) is 29.7. The molecule has 11 heteroatoms. The molecule has 6 N–H and O–H groups in total. The maximum Gasteiger partial charge on any atom is 0.305 e. The van der Waals surface area contributed by atoms with E-state index in [-0.39, 0.29) is 18.5 Å². The van der Waals surface area contributed by atoms with Gasteiger partial charge in [-0.05, 0) is 96.3 Å². The van der Waals surface area contributed by atoms with Crippen molar-refractivity contribution in [1.29, 1.82) is 0 Å². The number of amides is 1. The number of carbonyl (C=O) groups is 2. The summed E-state index contributed by atoms with van der Waals surface area (Å²) in [6.45, 7) is 4.06. The molecule has 0 saturated carbocycles. The zero-order chi connectivity index (χ0) is 53.1. The predicted molar refractivity (Wildman–Crippen MR) is 301 cm³/mol. The lowest BCUT2D eigenvalue weighted by molar-refractivity contribution is -0.302. The van der Waals surface area contributed by atoms with Gasteiger partial charge in [-0.2, -0.15) is 0 Å². The number of allylic oxidation sites excluding steroid dienone is 10. The van der Waals surface area contributed by atoms with Crippen molar-refractivity contribution in [3.8, 4) is 0 Å². The van der Waals surface area contributed by atoms with E-state index < -0.39 is 49.5 Å². The molecule has 1 aliphatic rings. The van der Waals surface area contributed by atoms with E-state index in [4.69, 9.17) is 14.2 Å². The van der Waals surface area contributed by atoms with Gasteiger partial charge < -0.3 is 45.1 Å². The molecule has 11 nitrogen and oxygen atoms in total. The Bertz CT molecular complexity index is 1440. The standard InChI is InChI=1S/C62H109NO10/c1-3-5-7-9-11-13-15-16-27-30-34-38-42-46-50-58(67)71-51-47-43-39-35-31-28-25-23-21-19-17-18-20-22-24-26-29-33-37-41-45-49-57(66)63-54(53-72-62-61(70)60(69)59(68)56(52-64)73-62)55(65)48-44-40-36-32-14-12-10-8-6-4-2/h6,8,14-16,28,31-32,39,43-44,48,54-56,59-62,64-65,68-70H,3-5,7,9-13,17-27,29-30,33-38,40-42,45-47,49-53H2,1-2H3,(H,63,66)/b8-6+,16-15-,31-28-,32-14+,43-39-,48-44+. The minimum absolute atomic E-state index is 0.0589. The average Bonchev–Trinajstić information content (AvgIpc) is 3.39. The molecule has 0 spiro atoms. The number of esters is 1. The summed E-state index contributed by atoms with van der Waals surface area (Å²) in [5, 5.41) is 54.2. The highest BCUT2D eigenvalue weighted by molar-refractivity contribution is 5.76. The van der Waals surface area contributed by atoms with Crippen LogP contribution in [0.25, 0.3) is 0 Å². The van der Waals surface area contributed by atoms with Crippen molar-refractivity contribution in [1.82, 2.24) is 5.32 Å². The summed E-state index contributed by atoms with van der Waals surface area (Å²) in [6.07, 6.45) is 57.4. The van der Waals surface area contributed by atoms with E-state index in [1.807, 2.05) is 6.08 Å². The summed E-state index contributed by atoms with van der Waals surface area (Å²) >= 11 is 0. The first kappa shape index (κ1) is 68.1. The minimum atomic E-state index is -1.58. The van der Waals surface area contributed by atoms with Gasteiger partial charge in [-0.1, -0.05) is 209 Å². The lowest BCUT2D eigenvalue weighted by Gasteiger charge is -2.40. The third-order valence-corrected chi connectivity index (χ3v) is 13.5. The number of nitrogens with one attached hydrogen (secondary N) is 1. The highest BCUT2D eigenvalue weighted by Crippen LogP contribution is 2.23. The van der Waals surface area contributed by atoms with Gasteiger partial charge in [-0.25, -0.2) is 0 Å². The zero-order valence-electron chi connectivity index (χ0n) is 46.3. The molecule has 0 bridgehead atoms. The van der Waals surface area contributed by atoms with Crippen LogP contribution in [-0.4, -0.2) is 100 Å². The number of aliphatic hydroxyl groups excluding tert-OH is 5. The molecule has 1 fully saturated rings. The van der Waals surface area contributed by atoms with Gasteiger partial charge in [0.2, 0.25) is 5.91 Å². The second kappa shape index (κ2) is 51.2. The van der Waals surface area contributed by atoms with E-state index in [0.717, 1.165) is 89.9 Å². The van der Waals surface area contributed by atoms with Gasteiger partial charge >= 0.3 is 5.97 Å². The van der Waals surface area contributed by atoms with Gasteiger partial charge in [-0.3, -0.25) is 9.59 Å². The zero-order valence-corrected chi connectivity index (χ0v) is 46.3. The molecule has 1 heterocycles. The third-order valence-electron chi connectivity index (χ3n) is 13.5. The summed E-state index contributed by atoms with van der Waals surface area (Å²) < 4.78 is 16.6. The molecule has 7 atom stereocenters. The van der Waals surface area contributed by atoms with E-state index in [2.05, 4.69) is 79.9 Å². The number of aliphatic hydroxyl groups is 5. The average molecular weight is 1030 g/mol. The van der Waals surface area contributed by atoms with E-state index >= 15 is 0 Å². The van der Waals surface area contributed by atoms with E-state index in [1.165, 1.54) is 128 Å². The Kier molecular flexibility index (Phi) is 47.8. The molecule has 1 rings (SSSR count). The highest BCUT2D eigenvalue weighted by Gasteiger charge is 2.44. The largest absolute Gasteiger partial charge is 0.465 e. The van der Waals surface area contributed by atoms with E-state index in [9.17, 15) is 35.1 Å². The molecule has 1 amide bonds. The van der Waals surface area contributed by atoms with Crippen LogP contribution in [0.5, 0.6) is 0 Å². The molecule has 422 valence electrons. The smallest absolute Gasteiger partial charge is 0.305 e. The number of hydrogen-bond acceptors (Lipinski definition) is 10. The third kappa shape index (κ3) is 41.0. The minimum Gasteiger partial charge on any atom is -0.465 e. The lowest BCUT2D eigenvalue weighted by atomic mass is 9.99. The highest BCUT2D eigenvalue weighted by atomic mass is 16.7. The molecule has 0 radical (unpaired) electrons. The van der Waals surface area contributed by atoms with Crippen LogP contribution < -0.4 is 5.32 Å². The Morgan fingerprint density at radius 3 is 1.51 bits per heavy atom. The van der Waals surface area contributed by atoms with Crippen molar-refractivity contribution in [3.05, 3.63) is 72.9 Å². The van der Waals surface area contributed by atoms with Crippen molar-refractivity contribution >= 4 is 11.9 Å². The predicted octanol–water partition coefficient (Wildman–Crippen LogP) is 13.6. The molecule has 7 unspecified atom stereocenters. The van der Waals surface area contributed by atoms with Crippen LogP contribution in [-0.2, 0) is 23.8 Å². The second-order valence-electron chi connectivity index (χ2n) is 20.3. The van der Waals surface area contributed by atoms with Crippen LogP contribution >= 0.6 is 0 Å². The first-order chi connectivity index (χ1) is 35.7. The topological polar surface area (TPSA) is 175 Å². The van der Waals surface area contributed by atoms with E-state index in [0.29, 0.717) is 19.4 Å².